The highest BCUT2D eigenvalue weighted by atomic mass is 15.3. The zero-order valence-electron chi connectivity index (χ0n) is 23.7. The van der Waals surface area contributed by atoms with Gasteiger partial charge in [-0.1, -0.05) is 49.0 Å². The van der Waals surface area contributed by atoms with Gasteiger partial charge in [0.25, 0.3) is 0 Å². The fraction of sp³-hybridized carbons (Fsp3) is 0.387. The first-order chi connectivity index (χ1) is 18.2. The summed E-state index contributed by atoms with van der Waals surface area (Å²) in [6, 6.07) is 16.3. The minimum Gasteiger partial charge on any atom is -0.238 e. The monoisotopic (exact) mass is 526 g/mol. The Morgan fingerprint density at radius 3 is 2.13 bits per heavy atom. The van der Waals surface area contributed by atoms with Crippen LogP contribution in [0.15, 0.2) is 67.1 Å². The Morgan fingerprint density at radius 1 is 0.692 bits per heavy atom. The molecular weight excluding hydrogens is 484 g/mol. The Bertz CT molecular complexity index is 1630. The van der Waals surface area contributed by atoms with Crippen molar-refractivity contribution in [3.05, 3.63) is 95.6 Å². The van der Waals surface area contributed by atoms with Crippen LogP contribution in [0.3, 0.4) is 0 Å². The Hall–Kier alpha value is -4.07. The van der Waals surface area contributed by atoms with Gasteiger partial charge in [-0.3, -0.25) is 0 Å². The maximum absolute atomic E-state index is 4.48. The van der Waals surface area contributed by atoms with Gasteiger partial charge in [-0.15, -0.1) is 0 Å². The Balaban J connectivity index is 0.000000160. The van der Waals surface area contributed by atoms with Gasteiger partial charge >= 0.3 is 0 Å². The molecule has 0 saturated heterocycles. The SMILES string of the molecule is C.CC(C)c1ccc2cccnn12.CC(C)c1ccc2nccn2n1.Cc1ccc2nc(C)c(C(C)C)n2n1. The smallest absolute Gasteiger partial charge is 0.154 e. The number of aryl methyl sites for hydroxylation is 2. The molecule has 0 aliphatic rings. The molecule has 0 bridgehead atoms. The van der Waals surface area contributed by atoms with Crippen LogP contribution in [-0.4, -0.2) is 38.8 Å². The van der Waals surface area contributed by atoms with Crippen molar-refractivity contribution < 1.29 is 0 Å². The number of hydrogen-bond donors (Lipinski definition) is 0. The lowest BCUT2D eigenvalue weighted by Gasteiger charge is -2.05. The Morgan fingerprint density at radius 2 is 1.44 bits per heavy atom. The Kier molecular flexibility index (Phi) is 9.56. The van der Waals surface area contributed by atoms with Crippen molar-refractivity contribution in [3.63, 3.8) is 0 Å². The second kappa shape index (κ2) is 12.7. The summed E-state index contributed by atoms with van der Waals surface area (Å²) in [6.45, 7) is 17.0. The van der Waals surface area contributed by atoms with Gasteiger partial charge in [-0.05, 0) is 80.1 Å². The second-order valence-electron chi connectivity index (χ2n) is 10.4. The molecule has 0 radical (unpaired) electrons. The van der Waals surface area contributed by atoms with Crippen molar-refractivity contribution in [1.82, 2.24) is 38.8 Å². The molecule has 39 heavy (non-hydrogen) atoms. The van der Waals surface area contributed by atoms with E-state index in [0.29, 0.717) is 17.8 Å². The summed E-state index contributed by atoms with van der Waals surface area (Å²) in [5, 5.41) is 13.1. The van der Waals surface area contributed by atoms with Gasteiger partial charge in [0, 0.05) is 24.3 Å². The van der Waals surface area contributed by atoms with Crippen molar-refractivity contribution >= 4 is 16.8 Å². The first kappa shape index (κ1) is 29.5. The van der Waals surface area contributed by atoms with Crippen molar-refractivity contribution in [2.45, 2.75) is 80.6 Å². The number of rotatable bonds is 3. The molecule has 0 fully saturated rings. The summed E-state index contributed by atoms with van der Waals surface area (Å²) in [5.74, 6) is 1.46. The standard InChI is InChI=1S/C11H15N3.C10H12N2.C9H11N3.CH4/c1-7(2)11-9(4)12-10-6-5-8(3)13-14(10)11;1-8(2)10-6-5-9-4-3-7-11-12(9)10;1-7(2)8-3-4-9-10-5-6-12(9)11-8;/h5-7H,1-4H3;3-8H,1-2H3;3-7H,1-2H3;1H4. The maximum Gasteiger partial charge on any atom is 0.154 e. The molecule has 6 heterocycles. The van der Waals surface area contributed by atoms with E-state index < -0.39 is 0 Å². The van der Waals surface area contributed by atoms with Crippen LogP contribution in [-0.2, 0) is 0 Å². The number of fused-ring (bicyclic) bond motifs is 3. The summed E-state index contributed by atoms with van der Waals surface area (Å²) in [7, 11) is 0. The van der Waals surface area contributed by atoms with Gasteiger partial charge in [-0.25, -0.2) is 23.5 Å². The fourth-order valence-corrected chi connectivity index (χ4v) is 4.36. The Labute approximate surface area is 231 Å². The van der Waals surface area contributed by atoms with E-state index in [1.165, 1.54) is 16.9 Å². The number of imidazole rings is 2. The van der Waals surface area contributed by atoms with Gasteiger partial charge in [0.2, 0.25) is 0 Å². The number of nitrogens with zero attached hydrogens (tertiary/aromatic N) is 8. The molecule has 206 valence electrons. The minimum absolute atomic E-state index is 0. The molecule has 0 aliphatic carbocycles. The van der Waals surface area contributed by atoms with E-state index in [4.69, 9.17) is 0 Å². The summed E-state index contributed by atoms with van der Waals surface area (Å²) in [5.41, 5.74) is 8.70. The molecule has 0 amide bonds. The normalized spacial score (nSPS) is 11.1. The van der Waals surface area contributed by atoms with Crippen LogP contribution < -0.4 is 0 Å². The molecule has 0 aliphatic heterocycles. The first-order valence-corrected chi connectivity index (χ1v) is 13.2. The van der Waals surface area contributed by atoms with Crippen LogP contribution in [0.1, 0.15) is 95.2 Å². The molecular formula is C31H42N8. The molecule has 0 saturated carbocycles. The lowest BCUT2D eigenvalue weighted by Crippen LogP contribution is -2.01. The summed E-state index contributed by atoms with van der Waals surface area (Å²) in [4.78, 5) is 8.60. The van der Waals surface area contributed by atoms with E-state index in [1.54, 1.807) is 10.7 Å². The zero-order chi connectivity index (χ0) is 27.4. The van der Waals surface area contributed by atoms with E-state index in [0.717, 1.165) is 28.4 Å². The van der Waals surface area contributed by atoms with Gasteiger partial charge in [0.05, 0.1) is 28.3 Å². The van der Waals surface area contributed by atoms with Crippen molar-refractivity contribution in [2.75, 3.05) is 0 Å². The first-order valence-electron chi connectivity index (χ1n) is 13.2. The van der Waals surface area contributed by atoms with Crippen LogP contribution >= 0.6 is 0 Å². The minimum atomic E-state index is 0. The molecule has 6 rings (SSSR count). The van der Waals surface area contributed by atoms with Gasteiger partial charge in [-0.2, -0.15) is 15.3 Å². The lowest BCUT2D eigenvalue weighted by molar-refractivity contribution is 0.744. The van der Waals surface area contributed by atoms with Gasteiger partial charge in [0.1, 0.15) is 0 Å². The quantitative estimate of drug-likeness (QED) is 0.240. The van der Waals surface area contributed by atoms with Gasteiger partial charge in [0.15, 0.2) is 11.3 Å². The average molecular weight is 527 g/mol. The second-order valence-corrected chi connectivity index (χ2v) is 10.4. The molecule has 0 unspecified atom stereocenters. The van der Waals surface area contributed by atoms with Crippen LogP contribution in [0.4, 0.5) is 0 Å². The summed E-state index contributed by atoms with van der Waals surface area (Å²) < 4.78 is 5.75. The third-order valence-corrected chi connectivity index (χ3v) is 6.28. The summed E-state index contributed by atoms with van der Waals surface area (Å²) >= 11 is 0. The molecule has 0 N–H and O–H groups in total. The highest BCUT2D eigenvalue weighted by Gasteiger charge is 2.12. The fourth-order valence-electron chi connectivity index (χ4n) is 4.36. The van der Waals surface area contributed by atoms with E-state index in [2.05, 4.69) is 85.0 Å². The van der Waals surface area contributed by atoms with E-state index >= 15 is 0 Å². The topological polar surface area (TPSA) is 77.7 Å². The van der Waals surface area contributed by atoms with Crippen LogP contribution in [0.25, 0.3) is 16.8 Å². The number of aromatic nitrogens is 8. The van der Waals surface area contributed by atoms with Crippen LogP contribution in [0.2, 0.25) is 0 Å². The van der Waals surface area contributed by atoms with E-state index in [9.17, 15) is 0 Å². The van der Waals surface area contributed by atoms with Gasteiger partial charge < -0.3 is 0 Å². The van der Waals surface area contributed by atoms with Crippen molar-refractivity contribution in [2.24, 2.45) is 0 Å². The predicted octanol–water partition coefficient (Wildman–Crippen LogP) is 7.42. The number of hydrogen-bond acceptors (Lipinski definition) is 5. The molecule has 6 aromatic heterocycles. The predicted molar refractivity (Wildman–Crippen MR) is 160 cm³/mol. The average Bonchev–Trinajstić information content (AvgIpc) is 3.60. The molecule has 0 spiro atoms. The van der Waals surface area contributed by atoms with Crippen LogP contribution in [0, 0.1) is 13.8 Å². The largest absolute Gasteiger partial charge is 0.238 e. The molecule has 0 aromatic carbocycles. The van der Waals surface area contributed by atoms with E-state index in [-0.39, 0.29) is 7.43 Å². The third kappa shape index (κ3) is 6.69. The third-order valence-electron chi connectivity index (χ3n) is 6.28. The van der Waals surface area contributed by atoms with Crippen LogP contribution in [0.5, 0.6) is 0 Å². The highest BCUT2D eigenvalue weighted by molar-refractivity contribution is 5.48. The zero-order valence-corrected chi connectivity index (χ0v) is 23.7. The highest BCUT2D eigenvalue weighted by Crippen LogP contribution is 2.20. The molecule has 0 atom stereocenters. The molecule has 8 heteroatoms. The molecule has 6 aromatic rings. The van der Waals surface area contributed by atoms with Crippen molar-refractivity contribution in [3.8, 4) is 0 Å². The van der Waals surface area contributed by atoms with E-state index in [1.807, 2.05) is 65.6 Å². The summed E-state index contributed by atoms with van der Waals surface area (Å²) in [6.07, 6.45) is 5.44. The lowest BCUT2D eigenvalue weighted by atomic mass is 10.1. The maximum atomic E-state index is 4.48. The van der Waals surface area contributed by atoms with Crippen molar-refractivity contribution in [1.29, 1.82) is 0 Å². The molecule has 8 nitrogen and oxygen atoms in total.